The second kappa shape index (κ2) is 7.89. The molecule has 126 valence electrons. The summed E-state index contributed by atoms with van der Waals surface area (Å²) in [7, 11) is 2.00. The van der Waals surface area contributed by atoms with Gasteiger partial charge in [-0.15, -0.1) is 11.3 Å². The minimum absolute atomic E-state index is 0.0222. The Hall–Kier alpha value is -1.18. The monoisotopic (exact) mass is 328 g/mol. The van der Waals surface area contributed by atoms with Gasteiger partial charge in [-0.1, -0.05) is 0 Å². The van der Waals surface area contributed by atoms with Crippen LogP contribution in [0.25, 0.3) is 0 Å². The Labute approximate surface area is 137 Å². The van der Waals surface area contributed by atoms with E-state index in [1.807, 2.05) is 47.2 Å². The van der Waals surface area contributed by atoms with Gasteiger partial charge in [0.2, 0.25) is 0 Å². The van der Waals surface area contributed by atoms with Crippen LogP contribution >= 0.6 is 11.3 Å². The molecule has 0 aliphatic carbocycles. The molecule has 7 heteroatoms. The highest BCUT2D eigenvalue weighted by Gasteiger charge is 2.25. The van der Waals surface area contributed by atoms with E-state index in [1.165, 1.54) is 4.88 Å². The van der Waals surface area contributed by atoms with Crippen molar-refractivity contribution in [2.24, 2.45) is 5.73 Å². The zero-order valence-corrected chi connectivity index (χ0v) is 15.2. The summed E-state index contributed by atoms with van der Waals surface area (Å²) < 4.78 is 5.29. The number of amides is 1. The maximum absolute atomic E-state index is 11.9. The minimum Gasteiger partial charge on any atom is -0.444 e. The van der Waals surface area contributed by atoms with E-state index in [1.54, 1.807) is 11.3 Å². The van der Waals surface area contributed by atoms with Crippen LogP contribution in [0.15, 0.2) is 5.51 Å². The molecule has 6 nitrogen and oxygen atoms in total. The van der Waals surface area contributed by atoms with E-state index in [0.717, 1.165) is 12.2 Å². The molecule has 0 spiro atoms. The average molecular weight is 328 g/mol. The highest BCUT2D eigenvalue weighted by Crippen LogP contribution is 2.16. The maximum Gasteiger partial charge on any atom is 0.407 e. The first kappa shape index (κ1) is 18.9. The van der Waals surface area contributed by atoms with Crippen molar-refractivity contribution in [1.29, 1.82) is 0 Å². The lowest BCUT2D eigenvalue weighted by Crippen LogP contribution is -2.53. The molecule has 2 atom stereocenters. The first-order chi connectivity index (χ1) is 10.1. The molecule has 1 heterocycles. The van der Waals surface area contributed by atoms with Crippen LogP contribution in [0.1, 0.15) is 38.3 Å². The van der Waals surface area contributed by atoms with Crippen LogP contribution in [-0.2, 0) is 11.3 Å². The summed E-state index contributed by atoms with van der Waals surface area (Å²) >= 11 is 1.63. The average Bonchev–Trinajstić information content (AvgIpc) is 2.73. The van der Waals surface area contributed by atoms with E-state index in [4.69, 9.17) is 10.5 Å². The van der Waals surface area contributed by atoms with Crippen molar-refractivity contribution in [2.45, 2.75) is 58.8 Å². The van der Waals surface area contributed by atoms with Crippen LogP contribution in [0, 0.1) is 6.92 Å². The van der Waals surface area contributed by atoms with Gasteiger partial charge < -0.3 is 15.8 Å². The molecule has 0 aliphatic heterocycles. The van der Waals surface area contributed by atoms with Gasteiger partial charge in [-0.25, -0.2) is 9.78 Å². The Kier molecular flexibility index (Phi) is 6.77. The van der Waals surface area contributed by atoms with Crippen molar-refractivity contribution in [1.82, 2.24) is 15.2 Å². The van der Waals surface area contributed by atoms with Crippen molar-refractivity contribution >= 4 is 17.4 Å². The molecule has 3 N–H and O–H groups in total. The third-order valence-electron chi connectivity index (χ3n) is 3.37. The number of hydrogen-bond acceptors (Lipinski definition) is 6. The second-order valence-corrected chi connectivity index (χ2v) is 7.45. The first-order valence-electron chi connectivity index (χ1n) is 7.43. The highest BCUT2D eigenvalue weighted by molar-refractivity contribution is 7.09. The lowest BCUT2D eigenvalue weighted by Gasteiger charge is -2.32. The summed E-state index contributed by atoms with van der Waals surface area (Å²) in [6, 6.07) is -0.0907. The molecule has 2 unspecified atom stereocenters. The van der Waals surface area contributed by atoms with Crippen LogP contribution in [-0.4, -0.2) is 47.3 Å². The number of carbonyl (C=O) groups excluding carboxylic acids is 1. The summed E-state index contributed by atoms with van der Waals surface area (Å²) in [5.74, 6) is 0. The molecule has 22 heavy (non-hydrogen) atoms. The molecular weight excluding hydrogens is 300 g/mol. The van der Waals surface area contributed by atoms with Gasteiger partial charge in [0.1, 0.15) is 5.60 Å². The number of nitrogens with zero attached hydrogens (tertiary/aromatic N) is 2. The molecule has 0 bridgehead atoms. The molecule has 0 aliphatic rings. The Bertz CT molecular complexity index is 484. The quantitative estimate of drug-likeness (QED) is 0.836. The molecule has 0 fully saturated rings. The zero-order chi connectivity index (χ0) is 16.9. The number of alkyl carbamates (subject to hydrolysis) is 1. The molecule has 1 amide bonds. The Morgan fingerprint density at radius 3 is 2.64 bits per heavy atom. The van der Waals surface area contributed by atoms with Gasteiger partial charge in [0.05, 0.1) is 11.2 Å². The zero-order valence-electron chi connectivity index (χ0n) is 14.3. The maximum atomic E-state index is 11.9. The summed E-state index contributed by atoms with van der Waals surface area (Å²) in [6.07, 6.45) is -0.416. The van der Waals surface area contributed by atoms with Crippen molar-refractivity contribution < 1.29 is 9.53 Å². The lowest BCUT2D eigenvalue weighted by atomic mass is 10.1. The fourth-order valence-electron chi connectivity index (χ4n) is 2.18. The van der Waals surface area contributed by atoms with Crippen LogP contribution in [0.2, 0.25) is 0 Å². The van der Waals surface area contributed by atoms with E-state index < -0.39 is 11.7 Å². The van der Waals surface area contributed by atoms with Gasteiger partial charge in [0, 0.05) is 30.1 Å². The van der Waals surface area contributed by atoms with Crippen molar-refractivity contribution in [3.63, 3.8) is 0 Å². The van der Waals surface area contributed by atoms with E-state index in [9.17, 15) is 4.79 Å². The minimum atomic E-state index is -0.506. The lowest BCUT2D eigenvalue weighted by molar-refractivity contribution is 0.0476. The highest BCUT2D eigenvalue weighted by atomic mass is 32.1. The second-order valence-electron chi connectivity index (χ2n) is 6.51. The van der Waals surface area contributed by atoms with E-state index in [2.05, 4.69) is 15.2 Å². The molecule has 0 saturated heterocycles. The van der Waals surface area contributed by atoms with Crippen LogP contribution in [0.3, 0.4) is 0 Å². The number of aryl methyl sites for hydroxylation is 1. The number of rotatable bonds is 6. The fourth-order valence-corrected chi connectivity index (χ4v) is 3.02. The van der Waals surface area contributed by atoms with Gasteiger partial charge in [-0.3, -0.25) is 4.90 Å². The van der Waals surface area contributed by atoms with Crippen molar-refractivity contribution in [2.75, 3.05) is 13.6 Å². The third-order valence-corrected chi connectivity index (χ3v) is 4.29. The number of hydrogen-bond donors (Lipinski definition) is 2. The summed E-state index contributed by atoms with van der Waals surface area (Å²) in [5, 5.41) is 2.87. The SMILES string of the molecule is Cc1ncsc1CN(C)C(CN)C(C)NC(=O)OC(C)(C)C. The number of aromatic nitrogens is 1. The summed E-state index contributed by atoms with van der Waals surface area (Å²) in [6.45, 7) is 10.7. The third kappa shape index (κ3) is 5.90. The number of likely N-dealkylation sites (N-methyl/N-ethyl adjacent to an activating group) is 1. The smallest absolute Gasteiger partial charge is 0.407 e. The number of nitrogens with one attached hydrogen (secondary N) is 1. The first-order valence-corrected chi connectivity index (χ1v) is 8.30. The molecule has 1 aromatic rings. The topological polar surface area (TPSA) is 80.5 Å². The Morgan fingerprint density at radius 1 is 1.55 bits per heavy atom. The van der Waals surface area contributed by atoms with Gasteiger partial charge >= 0.3 is 6.09 Å². The predicted octanol–water partition coefficient (Wildman–Crippen LogP) is 2.12. The number of ether oxygens (including phenoxy) is 1. The predicted molar refractivity (Wildman–Crippen MR) is 90.0 cm³/mol. The van der Waals surface area contributed by atoms with Crippen LogP contribution in [0.5, 0.6) is 0 Å². The van der Waals surface area contributed by atoms with E-state index >= 15 is 0 Å². The van der Waals surface area contributed by atoms with Crippen LogP contribution < -0.4 is 11.1 Å². The van der Waals surface area contributed by atoms with E-state index in [-0.39, 0.29) is 12.1 Å². The number of thiazole rings is 1. The molecule has 0 radical (unpaired) electrons. The van der Waals surface area contributed by atoms with Gasteiger partial charge in [0.15, 0.2) is 0 Å². The van der Waals surface area contributed by atoms with Crippen LogP contribution in [0.4, 0.5) is 4.79 Å². The molecule has 0 aromatic carbocycles. The largest absolute Gasteiger partial charge is 0.444 e. The van der Waals surface area contributed by atoms with Crippen molar-refractivity contribution in [3.05, 3.63) is 16.1 Å². The standard InChI is InChI=1S/C15H28N4O2S/c1-10(18-14(20)21-15(3,4)5)12(7-16)19(6)8-13-11(2)17-9-22-13/h9-10,12H,7-8,16H2,1-6H3,(H,18,20). The molecule has 1 rings (SSSR count). The van der Waals surface area contributed by atoms with E-state index in [0.29, 0.717) is 6.54 Å². The Balaban J connectivity index is 2.61. The fraction of sp³-hybridized carbons (Fsp3) is 0.733. The van der Waals surface area contributed by atoms with Gasteiger partial charge in [-0.05, 0) is 41.7 Å². The summed E-state index contributed by atoms with van der Waals surface area (Å²) in [5.41, 5.74) is 8.28. The van der Waals surface area contributed by atoms with Gasteiger partial charge in [-0.2, -0.15) is 0 Å². The van der Waals surface area contributed by atoms with Crippen molar-refractivity contribution in [3.8, 4) is 0 Å². The molecular formula is C15H28N4O2S. The van der Waals surface area contributed by atoms with Gasteiger partial charge in [0.25, 0.3) is 0 Å². The number of nitrogens with two attached hydrogens (primary N) is 1. The Morgan fingerprint density at radius 2 is 2.18 bits per heavy atom. The molecule has 0 saturated carbocycles. The molecule has 1 aromatic heterocycles. The summed E-state index contributed by atoms with van der Waals surface area (Å²) in [4.78, 5) is 19.5. The normalized spacial score (nSPS) is 14.7. The number of carbonyl (C=O) groups is 1.